The second kappa shape index (κ2) is 6.72. The number of aromatic nitrogens is 3. The summed E-state index contributed by atoms with van der Waals surface area (Å²) >= 11 is 0. The smallest absolute Gasteiger partial charge is 0.270 e. The highest BCUT2D eigenvalue weighted by Crippen LogP contribution is 2.22. The average molecular weight is 348 g/mol. The number of benzene rings is 1. The quantitative estimate of drug-likeness (QED) is 0.598. The lowest BCUT2D eigenvalue weighted by molar-refractivity contribution is 0.0942. The van der Waals surface area contributed by atoms with Crippen LogP contribution in [0.25, 0.3) is 17.1 Å². The summed E-state index contributed by atoms with van der Waals surface area (Å²) in [5, 5.41) is 11.3. The Bertz CT molecular complexity index is 1020. The van der Waals surface area contributed by atoms with Gasteiger partial charge in [-0.1, -0.05) is 23.4 Å². The molecule has 1 amide bonds. The molecule has 0 saturated carbocycles. The molecule has 1 N–H and O–H groups in total. The highest BCUT2D eigenvalue weighted by atomic mass is 16.5. The number of para-hydroxylation sites is 1. The number of rotatable bonds is 5. The fourth-order valence-corrected chi connectivity index (χ4v) is 2.62. The molecular formula is C19H16N4O3. The minimum Gasteiger partial charge on any atom is -0.463 e. The van der Waals surface area contributed by atoms with Gasteiger partial charge in [-0.15, -0.1) is 0 Å². The Morgan fingerprint density at radius 3 is 2.69 bits per heavy atom. The van der Waals surface area contributed by atoms with E-state index in [0.29, 0.717) is 28.6 Å². The molecule has 0 spiro atoms. The molecule has 0 aliphatic carbocycles. The first-order chi connectivity index (χ1) is 12.7. The monoisotopic (exact) mass is 348 g/mol. The summed E-state index contributed by atoms with van der Waals surface area (Å²) in [7, 11) is 0. The highest BCUT2D eigenvalue weighted by molar-refractivity contribution is 5.94. The molecule has 7 nitrogen and oxygen atoms in total. The number of amides is 1. The van der Waals surface area contributed by atoms with E-state index >= 15 is 0 Å². The van der Waals surface area contributed by atoms with Gasteiger partial charge in [0, 0.05) is 12.1 Å². The molecule has 1 aromatic carbocycles. The summed E-state index contributed by atoms with van der Waals surface area (Å²) < 4.78 is 12.0. The van der Waals surface area contributed by atoms with Crippen molar-refractivity contribution in [2.75, 3.05) is 0 Å². The molecule has 0 bridgehead atoms. The third kappa shape index (κ3) is 3.14. The Morgan fingerprint density at radius 2 is 2.00 bits per heavy atom. The SMILES string of the molecule is Cc1cc(CNC(=O)c2cc(-c3ccco3)nn2-c2ccccc2)no1. The molecule has 0 saturated heterocycles. The first-order valence-electron chi connectivity index (χ1n) is 8.10. The van der Waals surface area contributed by atoms with Crippen LogP contribution in [0.3, 0.4) is 0 Å². The Labute approximate surface area is 149 Å². The number of hydrogen-bond donors (Lipinski definition) is 1. The lowest BCUT2D eigenvalue weighted by Gasteiger charge is -2.07. The van der Waals surface area contributed by atoms with Gasteiger partial charge in [-0.3, -0.25) is 4.79 Å². The number of nitrogens with zero attached hydrogens (tertiary/aromatic N) is 3. The molecule has 0 radical (unpaired) electrons. The van der Waals surface area contributed by atoms with Crippen LogP contribution in [0.5, 0.6) is 0 Å². The molecule has 0 fully saturated rings. The van der Waals surface area contributed by atoms with E-state index in [1.165, 1.54) is 0 Å². The molecule has 26 heavy (non-hydrogen) atoms. The molecule has 3 heterocycles. The van der Waals surface area contributed by atoms with E-state index in [1.54, 1.807) is 42.1 Å². The number of aryl methyl sites for hydroxylation is 1. The Balaban J connectivity index is 1.65. The fourth-order valence-electron chi connectivity index (χ4n) is 2.62. The molecule has 130 valence electrons. The van der Waals surface area contributed by atoms with Crippen LogP contribution in [0, 0.1) is 6.92 Å². The van der Waals surface area contributed by atoms with Gasteiger partial charge < -0.3 is 14.3 Å². The fraction of sp³-hybridized carbons (Fsp3) is 0.105. The Morgan fingerprint density at radius 1 is 1.15 bits per heavy atom. The van der Waals surface area contributed by atoms with Crippen molar-refractivity contribution < 1.29 is 13.7 Å². The predicted octanol–water partition coefficient (Wildman–Crippen LogP) is 3.36. The second-order valence-electron chi connectivity index (χ2n) is 5.75. The van der Waals surface area contributed by atoms with Gasteiger partial charge in [0.2, 0.25) is 0 Å². The van der Waals surface area contributed by atoms with E-state index in [2.05, 4.69) is 15.6 Å². The molecule has 0 unspecified atom stereocenters. The number of furan rings is 1. The summed E-state index contributed by atoms with van der Waals surface area (Å²) in [6.07, 6.45) is 1.57. The van der Waals surface area contributed by atoms with Gasteiger partial charge in [0.15, 0.2) is 5.76 Å². The van der Waals surface area contributed by atoms with Crippen molar-refractivity contribution in [3.8, 4) is 17.1 Å². The van der Waals surface area contributed by atoms with Crippen LogP contribution in [0.4, 0.5) is 0 Å². The average Bonchev–Trinajstić information content (AvgIpc) is 3.40. The minimum atomic E-state index is -0.264. The van der Waals surface area contributed by atoms with Crippen LogP contribution in [-0.4, -0.2) is 20.8 Å². The summed E-state index contributed by atoms with van der Waals surface area (Å²) in [6, 6.07) is 16.5. The van der Waals surface area contributed by atoms with E-state index < -0.39 is 0 Å². The van der Waals surface area contributed by atoms with Gasteiger partial charge >= 0.3 is 0 Å². The van der Waals surface area contributed by atoms with Crippen molar-refractivity contribution >= 4 is 5.91 Å². The predicted molar refractivity (Wildman–Crippen MR) is 93.7 cm³/mol. The summed E-state index contributed by atoms with van der Waals surface area (Å²) in [5.41, 5.74) is 2.43. The molecule has 3 aromatic heterocycles. The van der Waals surface area contributed by atoms with Crippen LogP contribution in [0.1, 0.15) is 21.9 Å². The van der Waals surface area contributed by atoms with Crippen molar-refractivity contribution in [2.24, 2.45) is 0 Å². The van der Waals surface area contributed by atoms with Crippen LogP contribution in [-0.2, 0) is 6.54 Å². The van der Waals surface area contributed by atoms with Gasteiger partial charge in [-0.25, -0.2) is 4.68 Å². The van der Waals surface area contributed by atoms with Crippen LogP contribution < -0.4 is 5.32 Å². The zero-order valence-corrected chi connectivity index (χ0v) is 14.0. The first kappa shape index (κ1) is 15.9. The van der Waals surface area contributed by atoms with E-state index in [9.17, 15) is 4.79 Å². The number of hydrogen-bond acceptors (Lipinski definition) is 5. The molecular weight excluding hydrogens is 332 g/mol. The summed E-state index contributed by atoms with van der Waals surface area (Å²) in [6.45, 7) is 2.07. The first-order valence-corrected chi connectivity index (χ1v) is 8.10. The van der Waals surface area contributed by atoms with Gasteiger partial charge in [0.1, 0.15) is 22.8 Å². The third-order valence-electron chi connectivity index (χ3n) is 3.82. The molecule has 4 aromatic rings. The molecule has 4 rings (SSSR count). The van der Waals surface area contributed by atoms with E-state index in [0.717, 1.165) is 5.69 Å². The standard InChI is InChI=1S/C19H16N4O3/c1-13-10-14(22-26-13)12-20-19(24)17-11-16(18-8-5-9-25-18)21-23(17)15-6-3-2-4-7-15/h2-11H,12H2,1H3,(H,20,24). The number of nitrogens with one attached hydrogen (secondary N) is 1. The van der Waals surface area contributed by atoms with Crippen molar-refractivity contribution in [1.82, 2.24) is 20.3 Å². The van der Waals surface area contributed by atoms with Crippen molar-refractivity contribution in [1.29, 1.82) is 0 Å². The lowest BCUT2D eigenvalue weighted by Crippen LogP contribution is -2.25. The maximum atomic E-state index is 12.7. The van der Waals surface area contributed by atoms with Gasteiger partial charge in [0.25, 0.3) is 5.91 Å². The molecule has 7 heteroatoms. The number of carbonyl (C=O) groups excluding carboxylic acids is 1. The van der Waals surface area contributed by atoms with E-state index in [4.69, 9.17) is 8.94 Å². The topological polar surface area (TPSA) is 86.1 Å². The molecule has 0 aliphatic rings. The van der Waals surface area contributed by atoms with Gasteiger partial charge in [0.05, 0.1) is 18.5 Å². The maximum absolute atomic E-state index is 12.7. The largest absolute Gasteiger partial charge is 0.463 e. The maximum Gasteiger partial charge on any atom is 0.270 e. The number of carbonyl (C=O) groups is 1. The zero-order valence-electron chi connectivity index (χ0n) is 14.0. The molecule has 0 atom stereocenters. The van der Waals surface area contributed by atoms with Crippen molar-refractivity contribution in [3.05, 3.63) is 78.0 Å². The van der Waals surface area contributed by atoms with Crippen LogP contribution in [0.2, 0.25) is 0 Å². The summed E-state index contributed by atoms with van der Waals surface area (Å²) in [4.78, 5) is 12.7. The lowest BCUT2D eigenvalue weighted by atomic mass is 10.2. The highest BCUT2D eigenvalue weighted by Gasteiger charge is 2.19. The van der Waals surface area contributed by atoms with Gasteiger partial charge in [-0.05, 0) is 31.2 Å². The van der Waals surface area contributed by atoms with E-state index in [-0.39, 0.29) is 12.5 Å². The minimum absolute atomic E-state index is 0.264. The normalized spacial score (nSPS) is 10.8. The van der Waals surface area contributed by atoms with Crippen LogP contribution in [0.15, 0.2) is 69.8 Å². The molecule has 0 aliphatic heterocycles. The Hall–Kier alpha value is -3.61. The second-order valence-corrected chi connectivity index (χ2v) is 5.75. The van der Waals surface area contributed by atoms with Crippen molar-refractivity contribution in [2.45, 2.75) is 13.5 Å². The van der Waals surface area contributed by atoms with Crippen LogP contribution >= 0.6 is 0 Å². The van der Waals surface area contributed by atoms with Crippen molar-refractivity contribution in [3.63, 3.8) is 0 Å². The third-order valence-corrected chi connectivity index (χ3v) is 3.82. The van der Waals surface area contributed by atoms with Gasteiger partial charge in [-0.2, -0.15) is 5.10 Å². The zero-order chi connectivity index (χ0) is 17.9. The Kier molecular flexibility index (Phi) is 4.10. The van der Waals surface area contributed by atoms with E-state index in [1.807, 2.05) is 30.3 Å². The summed E-state index contributed by atoms with van der Waals surface area (Å²) in [5.74, 6) is 1.03.